The standard InChI is InChI=1S/C26H21N3O3/c1-3-32-22-6-4-5-20(15-22)28-24-23(19-11-7-17(2)8-12-19)25(30)29(26(24)31)21-13-9-18(16-27)10-14-21/h4-15,28H,3H2,1-2H3. The van der Waals surface area contributed by atoms with Crippen LogP contribution in [0, 0.1) is 18.3 Å². The van der Waals surface area contributed by atoms with Crippen LogP contribution in [0.5, 0.6) is 5.75 Å². The first-order valence-electron chi connectivity index (χ1n) is 10.2. The summed E-state index contributed by atoms with van der Waals surface area (Å²) in [5.74, 6) is -0.222. The number of ether oxygens (including phenoxy) is 1. The summed E-state index contributed by atoms with van der Waals surface area (Å²) in [6, 6.07) is 23.1. The molecule has 4 rings (SSSR count). The average molecular weight is 423 g/mol. The first kappa shape index (κ1) is 20.9. The fraction of sp³-hybridized carbons (Fsp3) is 0.115. The number of imide groups is 1. The van der Waals surface area contributed by atoms with Crippen LogP contribution < -0.4 is 15.0 Å². The minimum atomic E-state index is -0.461. The van der Waals surface area contributed by atoms with Crippen LogP contribution in [0.1, 0.15) is 23.6 Å². The van der Waals surface area contributed by atoms with Crippen LogP contribution in [0.2, 0.25) is 0 Å². The molecular weight excluding hydrogens is 402 g/mol. The zero-order valence-corrected chi connectivity index (χ0v) is 17.8. The molecular formula is C26H21N3O3. The minimum absolute atomic E-state index is 0.192. The van der Waals surface area contributed by atoms with E-state index in [4.69, 9.17) is 10.00 Å². The number of rotatable bonds is 6. The Morgan fingerprint density at radius 1 is 0.969 bits per heavy atom. The molecule has 3 aromatic carbocycles. The number of hydrogen-bond donors (Lipinski definition) is 1. The van der Waals surface area contributed by atoms with Gasteiger partial charge in [0.1, 0.15) is 11.4 Å². The molecule has 0 unspecified atom stereocenters. The molecule has 1 N–H and O–H groups in total. The van der Waals surface area contributed by atoms with Crippen molar-refractivity contribution in [3.8, 4) is 11.8 Å². The molecule has 0 spiro atoms. The minimum Gasteiger partial charge on any atom is -0.494 e. The highest BCUT2D eigenvalue weighted by atomic mass is 16.5. The third-order valence-electron chi connectivity index (χ3n) is 5.09. The summed E-state index contributed by atoms with van der Waals surface area (Å²) in [5, 5.41) is 12.2. The number of carbonyl (C=O) groups excluding carboxylic acids is 2. The zero-order chi connectivity index (χ0) is 22.7. The van der Waals surface area contributed by atoms with Gasteiger partial charge in [-0.2, -0.15) is 5.26 Å². The van der Waals surface area contributed by atoms with Crippen molar-refractivity contribution in [1.82, 2.24) is 0 Å². The number of hydrogen-bond acceptors (Lipinski definition) is 5. The molecule has 2 amide bonds. The Morgan fingerprint density at radius 3 is 2.34 bits per heavy atom. The van der Waals surface area contributed by atoms with E-state index in [2.05, 4.69) is 5.32 Å². The summed E-state index contributed by atoms with van der Waals surface area (Å²) in [4.78, 5) is 28.0. The highest BCUT2D eigenvalue weighted by molar-refractivity contribution is 6.46. The normalized spacial score (nSPS) is 13.3. The van der Waals surface area contributed by atoms with Gasteiger partial charge in [-0.25, -0.2) is 4.90 Å². The molecule has 1 heterocycles. The number of aryl methyl sites for hydroxylation is 1. The first-order chi connectivity index (χ1) is 15.5. The molecule has 3 aromatic rings. The average Bonchev–Trinajstić information content (AvgIpc) is 3.04. The molecule has 6 heteroatoms. The van der Waals surface area contributed by atoms with Crippen molar-refractivity contribution in [3.05, 3.63) is 95.2 Å². The predicted octanol–water partition coefficient (Wildman–Crippen LogP) is 4.66. The molecule has 6 nitrogen and oxygen atoms in total. The van der Waals surface area contributed by atoms with Gasteiger partial charge in [-0.15, -0.1) is 0 Å². The van der Waals surface area contributed by atoms with Gasteiger partial charge in [0.2, 0.25) is 0 Å². The lowest BCUT2D eigenvalue weighted by atomic mass is 10.0. The number of nitrogens with one attached hydrogen (secondary N) is 1. The maximum Gasteiger partial charge on any atom is 0.282 e. The molecule has 1 aliphatic heterocycles. The molecule has 1 aliphatic rings. The second-order valence-electron chi connectivity index (χ2n) is 7.31. The second kappa shape index (κ2) is 8.78. The van der Waals surface area contributed by atoms with Crippen LogP contribution in [-0.4, -0.2) is 18.4 Å². The number of benzene rings is 3. The maximum absolute atomic E-state index is 13.4. The Labute approximate surface area is 186 Å². The Morgan fingerprint density at radius 2 is 1.69 bits per heavy atom. The summed E-state index contributed by atoms with van der Waals surface area (Å²) in [6.07, 6.45) is 0. The fourth-order valence-corrected chi connectivity index (χ4v) is 3.53. The van der Waals surface area contributed by atoms with Gasteiger partial charge in [-0.05, 0) is 55.8 Å². The summed E-state index contributed by atoms with van der Waals surface area (Å²) in [5.41, 5.74) is 3.67. The van der Waals surface area contributed by atoms with Crippen molar-refractivity contribution >= 4 is 28.8 Å². The van der Waals surface area contributed by atoms with Crippen molar-refractivity contribution in [2.24, 2.45) is 0 Å². The van der Waals surface area contributed by atoms with Crippen molar-refractivity contribution in [1.29, 1.82) is 5.26 Å². The van der Waals surface area contributed by atoms with Crippen LogP contribution >= 0.6 is 0 Å². The van der Waals surface area contributed by atoms with Crippen LogP contribution in [0.15, 0.2) is 78.5 Å². The van der Waals surface area contributed by atoms with Crippen LogP contribution in [0.25, 0.3) is 5.57 Å². The zero-order valence-electron chi connectivity index (χ0n) is 17.8. The van der Waals surface area contributed by atoms with E-state index in [-0.39, 0.29) is 5.70 Å². The van der Waals surface area contributed by atoms with E-state index in [1.165, 1.54) is 0 Å². The highest BCUT2D eigenvalue weighted by Gasteiger charge is 2.40. The van der Waals surface area contributed by atoms with Gasteiger partial charge >= 0.3 is 0 Å². The molecule has 0 aliphatic carbocycles. The smallest absolute Gasteiger partial charge is 0.282 e. The molecule has 0 saturated heterocycles. The van der Waals surface area contributed by atoms with Gasteiger partial charge in [0.15, 0.2) is 0 Å². The summed E-state index contributed by atoms with van der Waals surface area (Å²) in [7, 11) is 0. The highest BCUT2D eigenvalue weighted by Crippen LogP contribution is 2.34. The Bertz CT molecular complexity index is 1250. The van der Waals surface area contributed by atoms with Gasteiger partial charge in [0, 0.05) is 11.8 Å². The number of anilines is 2. The van der Waals surface area contributed by atoms with Crippen molar-refractivity contribution < 1.29 is 14.3 Å². The number of nitriles is 1. The van der Waals surface area contributed by atoms with Crippen molar-refractivity contribution in [2.45, 2.75) is 13.8 Å². The molecule has 0 radical (unpaired) electrons. The van der Waals surface area contributed by atoms with Gasteiger partial charge < -0.3 is 10.1 Å². The molecule has 0 atom stereocenters. The third-order valence-corrected chi connectivity index (χ3v) is 5.09. The van der Waals surface area contributed by atoms with Gasteiger partial charge in [0.25, 0.3) is 11.8 Å². The lowest BCUT2D eigenvalue weighted by molar-refractivity contribution is -0.120. The first-order valence-corrected chi connectivity index (χ1v) is 10.2. The summed E-state index contributed by atoms with van der Waals surface area (Å²) < 4.78 is 5.55. The van der Waals surface area contributed by atoms with Gasteiger partial charge in [0.05, 0.1) is 29.5 Å². The molecule has 0 aromatic heterocycles. The van der Waals surface area contributed by atoms with E-state index >= 15 is 0 Å². The van der Waals surface area contributed by atoms with E-state index in [0.29, 0.717) is 40.4 Å². The largest absolute Gasteiger partial charge is 0.494 e. The van der Waals surface area contributed by atoms with E-state index in [1.807, 2.05) is 62.4 Å². The predicted molar refractivity (Wildman–Crippen MR) is 123 cm³/mol. The number of amides is 2. The van der Waals surface area contributed by atoms with Crippen LogP contribution in [0.4, 0.5) is 11.4 Å². The van der Waals surface area contributed by atoms with E-state index in [0.717, 1.165) is 10.5 Å². The Kier molecular flexibility index (Phi) is 5.73. The Hall–Kier alpha value is -4.37. The van der Waals surface area contributed by atoms with E-state index < -0.39 is 11.8 Å². The molecule has 0 saturated carbocycles. The summed E-state index contributed by atoms with van der Waals surface area (Å²) >= 11 is 0. The van der Waals surface area contributed by atoms with Crippen molar-refractivity contribution in [2.75, 3.05) is 16.8 Å². The van der Waals surface area contributed by atoms with Crippen LogP contribution in [0.3, 0.4) is 0 Å². The molecule has 158 valence electrons. The number of carbonyl (C=O) groups is 2. The van der Waals surface area contributed by atoms with Gasteiger partial charge in [-0.1, -0.05) is 35.9 Å². The maximum atomic E-state index is 13.4. The Balaban J connectivity index is 1.78. The SMILES string of the molecule is CCOc1cccc(NC2=C(c3ccc(C)cc3)C(=O)N(c3ccc(C#N)cc3)C2=O)c1. The molecule has 0 bridgehead atoms. The van der Waals surface area contributed by atoms with Crippen molar-refractivity contribution in [3.63, 3.8) is 0 Å². The third kappa shape index (κ3) is 3.96. The van der Waals surface area contributed by atoms with E-state index in [1.54, 1.807) is 30.3 Å². The fourth-order valence-electron chi connectivity index (χ4n) is 3.53. The lowest BCUT2D eigenvalue weighted by Gasteiger charge is -2.15. The second-order valence-corrected chi connectivity index (χ2v) is 7.31. The number of nitrogens with zero attached hydrogens (tertiary/aromatic N) is 2. The summed E-state index contributed by atoms with van der Waals surface area (Å²) in [6.45, 7) is 4.37. The van der Waals surface area contributed by atoms with Crippen LogP contribution in [-0.2, 0) is 9.59 Å². The quantitative estimate of drug-likeness (QED) is 0.583. The lowest BCUT2D eigenvalue weighted by Crippen LogP contribution is -2.32. The topological polar surface area (TPSA) is 82.4 Å². The molecule has 0 fully saturated rings. The van der Waals surface area contributed by atoms with E-state index in [9.17, 15) is 9.59 Å². The molecule has 32 heavy (non-hydrogen) atoms. The monoisotopic (exact) mass is 423 g/mol. The van der Waals surface area contributed by atoms with Gasteiger partial charge in [-0.3, -0.25) is 9.59 Å².